The van der Waals surface area contributed by atoms with Crippen LogP contribution in [0.5, 0.6) is 0 Å². The molecule has 0 aliphatic rings. The molecule has 1 rings (SSSR count). The summed E-state index contributed by atoms with van der Waals surface area (Å²) in [4.78, 5) is 0. The van der Waals surface area contributed by atoms with Crippen molar-refractivity contribution in [2.45, 2.75) is 12.5 Å². The smallest absolute Gasteiger partial charge is 0.0302 e. The van der Waals surface area contributed by atoms with Gasteiger partial charge < -0.3 is 5.73 Å². The lowest BCUT2D eigenvalue weighted by molar-refractivity contribution is 0.706. The Kier molecular flexibility index (Phi) is 4.12. The normalized spacial score (nSPS) is 12.9. The van der Waals surface area contributed by atoms with Gasteiger partial charge in [-0.25, -0.2) is 0 Å². The van der Waals surface area contributed by atoms with E-state index in [1.807, 2.05) is 24.3 Å². The fourth-order valence-corrected chi connectivity index (χ4v) is 1.56. The van der Waals surface area contributed by atoms with Crippen molar-refractivity contribution >= 4 is 28.6 Å². The second kappa shape index (κ2) is 4.90. The van der Waals surface area contributed by atoms with Crippen LogP contribution in [-0.4, -0.2) is 5.75 Å². The fourth-order valence-electron chi connectivity index (χ4n) is 1.02. The highest BCUT2D eigenvalue weighted by Crippen LogP contribution is 2.17. The molecule has 66 valence electrons. The Labute approximate surface area is 86.9 Å². The van der Waals surface area contributed by atoms with E-state index in [0.29, 0.717) is 0 Å². The predicted molar refractivity (Wildman–Crippen MR) is 59.5 cm³/mol. The van der Waals surface area contributed by atoms with Crippen LogP contribution in [0.2, 0.25) is 0 Å². The quantitative estimate of drug-likeness (QED) is 0.788. The van der Waals surface area contributed by atoms with E-state index in [2.05, 4.69) is 28.6 Å². The largest absolute Gasteiger partial charge is 0.324 e. The van der Waals surface area contributed by atoms with Gasteiger partial charge in [-0.3, -0.25) is 0 Å². The Morgan fingerprint density at radius 2 is 1.92 bits per heavy atom. The Hall–Kier alpha value is 0.01000. The first kappa shape index (κ1) is 10.1. The first-order valence-corrected chi connectivity index (χ1v) is 5.28. The highest BCUT2D eigenvalue weighted by atomic mass is 79.9. The summed E-state index contributed by atoms with van der Waals surface area (Å²) >= 11 is 7.52. The summed E-state index contributed by atoms with van der Waals surface area (Å²) in [7, 11) is 0. The van der Waals surface area contributed by atoms with Crippen molar-refractivity contribution in [3.05, 3.63) is 34.3 Å². The zero-order chi connectivity index (χ0) is 8.97. The van der Waals surface area contributed by atoms with Gasteiger partial charge in [0.15, 0.2) is 0 Å². The lowest BCUT2D eigenvalue weighted by Gasteiger charge is -2.09. The van der Waals surface area contributed by atoms with Crippen LogP contribution >= 0.6 is 28.6 Å². The summed E-state index contributed by atoms with van der Waals surface area (Å²) < 4.78 is 1.09. The first-order chi connectivity index (χ1) is 5.74. The molecule has 2 N–H and O–H groups in total. The summed E-state index contributed by atoms with van der Waals surface area (Å²) in [5.74, 6) is 0.831. The summed E-state index contributed by atoms with van der Waals surface area (Å²) in [5.41, 5.74) is 7.06. The summed E-state index contributed by atoms with van der Waals surface area (Å²) in [5, 5.41) is 0. The van der Waals surface area contributed by atoms with Gasteiger partial charge in [0, 0.05) is 10.5 Å². The van der Waals surface area contributed by atoms with E-state index in [4.69, 9.17) is 5.73 Å². The van der Waals surface area contributed by atoms with Crippen LogP contribution in [-0.2, 0) is 0 Å². The third-order valence-electron chi connectivity index (χ3n) is 1.74. The molecule has 0 heterocycles. The third-order valence-corrected chi connectivity index (χ3v) is 2.53. The average molecular weight is 246 g/mol. The number of hydrogen-bond acceptors (Lipinski definition) is 2. The van der Waals surface area contributed by atoms with Crippen LogP contribution in [0.15, 0.2) is 28.7 Å². The first-order valence-electron chi connectivity index (χ1n) is 3.86. The molecule has 0 radical (unpaired) electrons. The molecule has 0 aliphatic carbocycles. The molecule has 0 spiro atoms. The molecule has 0 saturated heterocycles. The number of nitrogens with two attached hydrogens (primary N) is 1. The maximum atomic E-state index is 5.89. The molecule has 1 unspecified atom stereocenters. The van der Waals surface area contributed by atoms with Gasteiger partial charge >= 0.3 is 0 Å². The number of rotatable bonds is 3. The van der Waals surface area contributed by atoms with Crippen LogP contribution in [0.25, 0.3) is 0 Å². The molecular weight excluding hydrogens is 234 g/mol. The van der Waals surface area contributed by atoms with Crippen molar-refractivity contribution in [2.24, 2.45) is 5.73 Å². The Balaban J connectivity index is 2.68. The lowest BCUT2D eigenvalue weighted by atomic mass is 10.1. The molecule has 1 nitrogen and oxygen atoms in total. The molecule has 1 aromatic carbocycles. The zero-order valence-corrected chi connectivity index (χ0v) is 9.18. The van der Waals surface area contributed by atoms with Crippen LogP contribution in [0, 0.1) is 0 Å². The maximum Gasteiger partial charge on any atom is 0.0302 e. The van der Waals surface area contributed by atoms with E-state index in [1.54, 1.807) is 0 Å². The molecule has 0 amide bonds. The average Bonchev–Trinajstić information content (AvgIpc) is 2.06. The van der Waals surface area contributed by atoms with Gasteiger partial charge in [-0.05, 0) is 29.9 Å². The van der Waals surface area contributed by atoms with Gasteiger partial charge in [0.05, 0.1) is 0 Å². The molecule has 0 fully saturated rings. The monoisotopic (exact) mass is 245 g/mol. The van der Waals surface area contributed by atoms with Gasteiger partial charge in [-0.2, -0.15) is 12.6 Å². The van der Waals surface area contributed by atoms with Crippen LogP contribution in [0.4, 0.5) is 0 Å². The van der Waals surface area contributed by atoms with Gasteiger partial charge in [0.25, 0.3) is 0 Å². The van der Waals surface area contributed by atoms with E-state index in [1.165, 1.54) is 5.56 Å². The fraction of sp³-hybridized carbons (Fsp3) is 0.333. The maximum absolute atomic E-state index is 5.89. The van der Waals surface area contributed by atoms with Gasteiger partial charge in [0.2, 0.25) is 0 Å². The highest BCUT2D eigenvalue weighted by molar-refractivity contribution is 9.10. The van der Waals surface area contributed by atoms with E-state index in [9.17, 15) is 0 Å². The number of halogens is 1. The van der Waals surface area contributed by atoms with Crippen molar-refractivity contribution in [1.82, 2.24) is 0 Å². The third kappa shape index (κ3) is 2.81. The van der Waals surface area contributed by atoms with Gasteiger partial charge in [0.1, 0.15) is 0 Å². The number of benzene rings is 1. The van der Waals surface area contributed by atoms with E-state index in [-0.39, 0.29) is 6.04 Å². The highest BCUT2D eigenvalue weighted by Gasteiger charge is 2.03. The van der Waals surface area contributed by atoms with E-state index >= 15 is 0 Å². The summed E-state index contributed by atoms with van der Waals surface area (Å²) in [6.45, 7) is 0. The van der Waals surface area contributed by atoms with Crippen LogP contribution < -0.4 is 5.73 Å². The van der Waals surface area contributed by atoms with E-state index in [0.717, 1.165) is 16.6 Å². The minimum absolute atomic E-state index is 0.121. The second-order valence-corrected chi connectivity index (χ2v) is 4.03. The SMILES string of the molecule is NC(CCS)c1ccc(Br)cc1. The van der Waals surface area contributed by atoms with Crippen molar-refractivity contribution in [3.8, 4) is 0 Å². The topological polar surface area (TPSA) is 26.0 Å². The molecule has 0 saturated carbocycles. The predicted octanol–water partition coefficient (Wildman–Crippen LogP) is 2.77. The lowest BCUT2D eigenvalue weighted by Crippen LogP contribution is -2.10. The number of hydrogen-bond donors (Lipinski definition) is 2. The van der Waals surface area contributed by atoms with Crippen molar-refractivity contribution < 1.29 is 0 Å². The molecular formula is C9H12BrNS. The van der Waals surface area contributed by atoms with Gasteiger partial charge in [-0.1, -0.05) is 28.1 Å². The van der Waals surface area contributed by atoms with Crippen molar-refractivity contribution in [2.75, 3.05) is 5.75 Å². The minimum Gasteiger partial charge on any atom is -0.324 e. The molecule has 0 bridgehead atoms. The zero-order valence-electron chi connectivity index (χ0n) is 6.70. The molecule has 0 aromatic heterocycles. The number of thiol groups is 1. The Morgan fingerprint density at radius 3 is 2.42 bits per heavy atom. The van der Waals surface area contributed by atoms with E-state index < -0.39 is 0 Å². The van der Waals surface area contributed by atoms with Crippen molar-refractivity contribution in [1.29, 1.82) is 0 Å². The second-order valence-electron chi connectivity index (χ2n) is 2.67. The standard InChI is InChI=1S/C9H12BrNS/c10-8-3-1-7(2-4-8)9(11)5-6-12/h1-4,9,12H,5-6,11H2. The Bertz CT molecular complexity index is 235. The summed E-state index contributed by atoms with van der Waals surface area (Å²) in [6, 6.07) is 8.22. The molecule has 3 heteroatoms. The molecule has 12 heavy (non-hydrogen) atoms. The summed E-state index contributed by atoms with van der Waals surface area (Å²) in [6.07, 6.45) is 0.921. The van der Waals surface area contributed by atoms with Crippen molar-refractivity contribution in [3.63, 3.8) is 0 Å². The van der Waals surface area contributed by atoms with Crippen LogP contribution in [0.1, 0.15) is 18.0 Å². The molecule has 1 atom stereocenters. The van der Waals surface area contributed by atoms with Crippen LogP contribution in [0.3, 0.4) is 0 Å². The molecule has 0 aliphatic heterocycles. The molecule has 1 aromatic rings. The Morgan fingerprint density at radius 1 is 1.33 bits per heavy atom. The minimum atomic E-state index is 0.121. The van der Waals surface area contributed by atoms with Gasteiger partial charge in [-0.15, -0.1) is 0 Å².